The first kappa shape index (κ1) is 30.1. The van der Waals surface area contributed by atoms with E-state index in [1.807, 2.05) is 13.8 Å². The molecule has 6 unspecified atom stereocenters. The molecule has 6 atom stereocenters. The molecule has 6 nitrogen and oxygen atoms in total. The van der Waals surface area contributed by atoms with Gasteiger partial charge in [0, 0.05) is 18.4 Å². The van der Waals surface area contributed by atoms with Crippen LogP contribution in [0.5, 0.6) is 0 Å². The lowest BCUT2D eigenvalue weighted by Crippen LogP contribution is -2.58. The van der Waals surface area contributed by atoms with E-state index in [1.165, 1.54) is 6.92 Å². The van der Waals surface area contributed by atoms with Gasteiger partial charge in [-0.3, -0.25) is 4.79 Å². The largest absolute Gasteiger partial charge is 0.455 e. The van der Waals surface area contributed by atoms with Crippen LogP contribution in [0, 0.1) is 17.8 Å². The lowest BCUT2D eigenvalue weighted by atomic mass is 9.76. The Bertz CT molecular complexity index is 749. The SMILES string of the molecule is C=C(C)C(C)(F)C(=O)OC(CC)C1(C)OC(=O)N(CCCCC)C1C(C)C(=O)C(C)CC(C)C. The van der Waals surface area contributed by atoms with Gasteiger partial charge in [-0.25, -0.2) is 14.0 Å². The van der Waals surface area contributed by atoms with Crippen molar-refractivity contribution < 1.29 is 28.2 Å². The van der Waals surface area contributed by atoms with E-state index in [1.54, 1.807) is 18.7 Å². The van der Waals surface area contributed by atoms with Crippen molar-refractivity contribution in [1.29, 1.82) is 0 Å². The molecule has 1 fully saturated rings. The number of carbonyl (C=O) groups is 3. The summed E-state index contributed by atoms with van der Waals surface area (Å²) in [6, 6.07) is -0.632. The van der Waals surface area contributed by atoms with Gasteiger partial charge >= 0.3 is 12.1 Å². The second-order valence-corrected chi connectivity index (χ2v) is 10.7. The average Bonchev–Trinajstić information content (AvgIpc) is 3.00. The molecule has 7 heteroatoms. The molecule has 196 valence electrons. The average molecular weight is 484 g/mol. The van der Waals surface area contributed by atoms with Crippen molar-refractivity contribution in [2.24, 2.45) is 17.8 Å². The molecule has 1 heterocycles. The summed E-state index contributed by atoms with van der Waals surface area (Å²) in [5.74, 6) is -1.40. The van der Waals surface area contributed by atoms with Crippen LogP contribution < -0.4 is 0 Å². The summed E-state index contributed by atoms with van der Waals surface area (Å²) in [5, 5.41) is 0. The van der Waals surface area contributed by atoms with Crippen molar-refractivity contribution in [1.82, 2.24) is 4.90 Å². The number of Topliss-reactive ketones (excluding diaryl/α,β-unsaturated/α-hetero) is 1. The predicted octanol–water partition coefficient (Wildman–Crippen LogP) is 6.27. The number of alkyl halides is 1. The van der Waals surface area contributed by atoms with E-state index in [4.69, 9.17) is 9.47 Å². The Kier molecular flexibility index (Phi) is 10.8. The van der Waals surface area contributed by atoms with Crippen LogP contribution in [-0.2, 0) is 19.1 Å². The summed E-state index contributed by atoms with van der Waals surface area (Å²) in [7, 11) is 0. The third kappa shape index (κ3) is 6.60. The Morgan fingerprint density at radius 2 is 1.82 bits per heavy atom. The molecule has 1 amide bonds. The van der Waals surface area contributed by atoms with E-state index in [0.29, 0.717) is 18.9 Å². The zero-order valence-corrected chi connectivity index (χ0v) is 22.7. The maximum atomic E-state index is 14.9. The Morgan fingerprint density at radius 1 is 1.24 bits per heavy atom. The van der Waals surface area contributed by atoms with Gasteiger partial charge in [0.2, 0.25) is 5.67 Å². The van der Waals surface area contributed by atoms with Gasteiger partial charge in [0.15, 0.2) is 5.60 Å². The number of cyclic esters (lactones) is 1. The first-order chi connectivity index (χ1) is 15.6. The minimum atomic E-state index is -2.37. The highest BCUT2D eigenvalue weighted by Crippen LogP contribution is 2.41. The fourth-order valence-electron chi connectivity index (χ4n) is 4.96. The van der Waals surface area contributed by atoms with Gasteiger partial charge in [0.25, 0.3) is 0 Å². The molecule has 1 saturated heterocycles. The van der Waals surface area contributed by atoms with Crippen molar-refractivity contribution in [2.45, 2.75) is 118 Å². The van der Waals surface area contributed by atoms with Gasteiger partial charge in [-0.1, -0.05) is 61.0 Å². The summed E-state index contributed by atoms with van der Waals surface area (Å²) < 4.78 is 26.4. The summed E-state index contributed by atoms with van der Waals surface area (Å²) >= 11 is 0. The third-order valence-corrected chi connectivity index (χ3v) is 7.14. The molecule has 0 aliphatic carbocycles. The van der Waals surface area contributed by atoms with Crippen molar-refractivity contribution in [3.8, 4) is 0 Å². The van der Waals surface area contributed by atoms with Crippen molar-refractivity contribution in [3.05, 3.63) is 12.2 Å². The number of hydrogen-bond acceptors (Lipinski definition) is 5. The molecular formula is C27H46FNO5. The topological polar surface area (TPSA) is 72.9 Å². The summed E-state index contributed by atoms with van der Waals surface area (Å²) in [6.45, 7) is 20.0. The minimum Gasteiger partial charge on any atom is -0.455 e. The normalized spacial score (nSPS) is 24.9. The minimum absolute atomic E-state index is 0.0321. The second-order valence-electron chi connectivity index (χ2n) is 10.7. The molecule has 1 aliphatic rings. The highest BCUT2D eigenvalue weighted by atomic mass is 19.1. The first-order valence-electron chi connectivity index (χ1n) is 12.7. The van der Waals surface area contributed by atoms with Gasteiger partial charge in [-0.15, -0.1) is 0 Å². The maximum Gasteiger partial charge on any atom is 0.410 e. The third-order valence-electron chi connectivity index (χ3n) is 7.14. The Labute approximate surface area is 205 Å². The first-order valence-corrected chi connectivity index (χ1v) is 12.7. The van der Waals surface area contributed by atoms with Crippen LogP contribution in [0.2, 0.25) is 0 Å². The standard InChI is InChI=1S/C27H46FNO5/c1-11-13-14-15-29-23(20(8)22(30)19(7)16-17(3)4)27(10,34-25(29)32)21(12-2)33-24(31)26(9,28)18(5)6/h17,19-21,23H,5,11-16H2,1-4,6-10H3. The van der Waals surface area contributed by atoms with Gasteiger partial charge < -0.3 is 14.4 Å². The van der Waals surface area contributed by atoms with Crippen LogP contribution in [0.4, 0.5) is 9.18 Å². The fourth-order valence-corrected chi connectivity index (χ4v) is 4.96. The molecule has 0 aromatic carbocycles. The number of rotatable bonds is 14. The number of nitrogens with zero attached hydrogens (tertiary/aromatic N) is 1. The van der Waals surface area contributed by atoms with Crippen LogP contribution in [0.3, 0.4) is 0 Å². The Hall–Kier alpha value is -1.92. The number of unbranched alkanes of at least 4 members (excludes halogenated alkanes) is 2. The van der Waals surface area contributed by atoms with Crippen molar-refractivity contribution >= 4 is 17.8 Å². The van der Waals surface area contributed by atoms with Crippen LogP contribution in [0.1, 0.15) is 94.4 Å². The van der Waals surface area contributed by atoms with Gasteiger partial charge in [0.05, 0.1) is 6.04 Å². The quantitative estimate of drug-likeness (QED) is 0.165. The zero-order chi connectivity index (χ0) is 26.4. The van der Waals surface area contributed by atoms with E-state index in [9.17, 15) is 18.8 Å². The van der Waals surface area contributed by atoms with Crippen molar-refractivity contribution in [2.75, 3.05) is 6.54 Å². The predicted molar refractivity (Wildman–Crippen MR) is 132 cm³/mol. The fraction of sp³-hybridized carbons (Fsp3) is 0.815. The number of ketones is 1. The van der Waals surface area contributed by atoms with E-state index in [0.717, 1.165) is 32.6 Å². The van der Waals surface area contributed by atoms with Gasteiger partial charge in [0.1, 0.15) is 11.9 Å². The lowest BCUT2D eigenvalue weighted by molar-refractivity contribution is -0.175. The molecular weight excluding hydrogens is 437 g/mol. The van der Waals surface area contributed by atoms with Crippen LogP contribution in [-0.4, -0.2) is 52.7 Å². The Morgan fingerprint density at radius 3 is 2.29 bits per heavy atom. The second kappa shape index (κ2) is 12.2. The monoisotopic (exact) mass is 483 g/mol. The van der Waals surface area contributed by atoms with Gasteiger partial charge in [-0.2, -0.15) is 0 Å². The number of carbonyl (C=O) groups excluding carboxylic acids is 3. The Balaban J connectivity index is 3.39. The van der Waals surface area contributed by atoms with Gasteiger partial charge in [-0.05, 0) is 51.5 Å². The van der Waals surface area contributed by atoms with E-state index >= 15 is 0 Å². The highest BCUT2D eigenvalue weighted by molar-refractivity contribution is 5.85. The van der Waals surface area contributed by atoms with Crippen molar-refractivity contribution in [3.63, 3.8) is 0 Å². The molecule has 0 bridgehead atoms. The molecule has 0 aromatic rings. The molecule has 0 spiro atoms. The number of halogens is 1. The molecule has 34 heavy (non-hydrogen) atoms. The van der Waals surface area contributed by atoms with Crippen LogP contribution >= 0.6 is 0 Å². The maximum absolute atomic E-state index is 14.9. The number of hydrogen-bond donors (Lipinski definition) is 0. The number of ether oxygens (including phenoxy) is 2. The smallest absolute Gasteiger partial charge is 0.410 e. The highest BCUT2D eigenvalue weighted by Gasteiger charge is 2.59. The molecule has 0 saturated carbocycles. The van der Waals surface area contributed by atoms with E-state index in [-0.39, 0.29) is 17.3 Å². The lowest BCUT2D eigenvalue weighted by Gasteiger charge is -2.40. The molecule has 1 rings (SSSR count). The van der Waals surface area contributed by atoms with Crippen LogP contribution in [0.15, 0.2) is 12.2 Å². The van der Waals surface area contributed by atoms with E-state index < -0.39 is 41.4 Å². The zero-order valence-electron chi connectivity index (χ0n) is 22.7. The number of amides is 1. The summed E-state index contributed by atoms with van der Waals surface area (Å²) in [4.78, 5) is 40.8. The summed E-state index contributed by atoms with van der Waals surface area (Å²) in [5.41, 5.74) is -3.63. The number of esters is 1. The van der Waals surface area contributed by atoms with Crippen LogP contribution in [0.25, 0.3) is 0 Å². The molecule has 0 radical (unpaired) electrons. The molecule has 0 aromatic heterocycles. The molecule has 1 aliphatic heterocycles. The molecule has 0 N–H and O–H groups in total. The summed E-state index contributed by atoms with van der Waals surface area (Å²) in [6.07, 6.45) is 2.27. The van der Waals surface area contributed by atoms with E-state index in [2.05, 4.69) is 27.4 Å².